The van der Waals surface area contributed by atoms with Gasteiger partial charge in [-0.25, -0.2) is 20.0 Å². The average Bonchev–Trinajstić information content (AvgIpc) is 3.15. The van der Waals surface area contributed by atoms with E-state index in [1.165, 1.54) is 12.1 Å². The number of hydrazine groups is 1. The number of methoxy groups -OCH3 is 1. The minimum Gasteiger partial charge on any atom is -0.466 e. The van der Waals surface area contributed by atoms with Crippen LogP contribution in [0.4, 0.5) is 4.79 Å². The second kappa shape index (κ2) is 10.6. The summed E-state index contributed by atoms with van der Waals surface area (Å²) in [4.78, 5) is 52.9. The average molecular weight is 493 g/mol. The van der Waals surface area contributed by atoms with Crippen LogP contribution in [-0.2, 0) is 28.6 Å². The smallest absolute Gasteiger partial charge is 0.426 e. The molecule has 2 fully saturated rings. The lowest BCUT2D eigenvalue weighted by Gasteiger charge is -2.44. The molecule has 3 rings (SSSR count). The number of ketones is 1. The van der Waals surface area contributed by atoms with Crippen molar-refractivity contribution in [2.75, 3.05) is 7.11 Å². The van der Waals surface area contributed by atoms with Gasteiger partial charge in [-0.2, -0.15) is 0 Å². The van der Waals surface area contributed by atoms with Crippen LogP contribution in [0.15, 0.2) is 11.3 Å². The summed E-state index contributed by atoms with van der Waals surface area (Å²) in [6, 6.07) is 0. The number of hydrogen-bond acceptors (Lipinski definition) is 8. The molecule has 3 aliphatic rings. The number of ether oxygens (including phenoxy) is 3. The molecule has 0 aromatic heterocycles. The second-order valence-electron chi connectivity index (χ2n) is 10.8. The third-order valence-corrected chi connectivity index (χ3v) is 7.23. The summed E-state index contributed by atoms with van der Waals surface area (Å²) >= 11 is 0. The number of amides is 1. The molecule has 1 N–H and O–H groups in total. The van der Waals surface area contributed by atoms with E-state index < -0.39 is 34.8 Å². The fourth-order valence-electron chi connectivity index (χ4n) is 5.80. The fourth-order valence-corrected chi connectivity index (χ4v) is 5.80. The highest BCUT2D eigenvalue weighted by molar-refractivity contribution is 6.06. The molecule has 2 heterocycles. The third kappa shape index (κ3) is 5.19. The van der Waals surface area contributed by atoms with Gasteiger partial charge in [0.15, 0.2) is 0 Å². The summed E-state index contributed by atoms with van der Waals surface area (Å²) in [5.74, 6) is -1.51. The Morgan fingerprint density at radius 1 is 0.971 bits per heavy atom. The van der Waals surface area contributed by atoms with Crippen LogP contribution in [0, 0.1) is 5.41 Å². The topological polar surface area (TPSA) is 111 Å². The van der Waals surface area contributed by atoms with Crippen molar-refractivity contribution in [3.05, 3.63) is 11.3 Å². The van der Waals surface area contributed by atoms with Gasteiger partial charge in [-0.15, -0.1) is 0 Å². The van der Waals surface area contributed by atoms with E-state index in [-0.39, 0.29) is 30.6 Å². The molecule has 2 atom stereocenters. The number of allylic oxidation sites excluding steroid dienone is 1. The van der Waals surface area contributed by atoms with E-state index in [1.807, 2.05) is 0 Å². The Morgan fingerprint density at radius 2 is 1.54 bits per heavy atom. The van der Waals surface area contributed by atoms with E-state index in [4.69, 9.17) is 14.2 Å². The third-order valence-electron chi connectivity index (χ3n) is 7.23. The van der Waals surface area contributed by atoms with E-state index in [1.54, 1.807) is 27.7 Å². The molecule has 1 amide bonds. The first-order chi connectivity index (χ1) is 16.5. The zero-order chi connectivity index (χ0) is 25.9. The van der Waals surface area contributed by atoms with Gasteiger partial charge in [0.25, 0.3) is 0 Å². The van der Waals surface area contributed by atoms with Crippen molar-refractivity contribution < 1.29 is 33.4 Å². The van der Waals surface area contributed by atoms with Crippen LogP contribution in [0.25, 0.3) is 0 Å². The van der Waals surface area contributed by atoms with E-state index in [2.05, 4.69) is 5.43 Å². The van der Waals surface area contributed by atoms with Crippen LogP contribution >= 0.6 is 0 Å². The van der Waals surface area contributed by atoms with Gasteiger partial charge in [-0.05, 0) is 40.5 Å². The molecule has 1 aliphatic carbocycles. The maximum atomic E-state index is 14.0. The van der Waals surface area contributed by atoms with E-state index in [0.717, 1.165) is 44.9 Å². The van der Waals surface area contributed by atoms with Gasteiger partial charge in [-0.3, -0.25) is 9.59 Å². The van der Waals surface area contributed by atoms with Gasteiger partial charge in [0.1, 0.15) is 16.8 Å². The quantitative estimate of drug-likeness (QED) is 0.436. The fraction of sp³-hybridized carbons (Fsp3) is 0.769. The molecular formula is C26H40N2O7. The van der Waals surface area contributed by atoms with Crippen LogP contribution in [0.1, 0.15) is 105 Å². The first-order valence-electron chi connectivity index (χ1n) is 12.8. The first-order valence-corrected chi connectivity index (χ1v) is 12.8. The lowest BCUT2D eigenvalue weighted by Crippen LogP contribution is -2.62. The van der Waals surface area contributed by atoms with Crippen LogP contribution in [0.2, 0.25) is 0 Å². The number of hydrogen-bond donors (Lipinski definition) is 1. The molecular weight excluding hydrogens is 452 g/mol. The molecule has 1 saturated heterocycles. The van der Waals surface area contributed by atoms with Gasteiger partial charge in [0.05, 0.1) is 19.1 Å². The SMILES string of the molecule is COC(=O)C1=C(C)N(NC(=O)OC(C)(C)C)C23CCCCCCCCCCCC(=O)C12CC(=O)O3. The van der Waals surface area contributed by atoms with Crippen molar-refractivity contribution in [1.29, 1.82) is 0 Å². The predicted molar refractivity (Wildman–Crippen MR) is 128 cm³/mol. The molecule has 0 spiro atoms. The monoisotopic (exact) mass is 492 g/mol. The number of esters is 2. The second-order valence-corrected chi connectivity index (χ2v) is 10.8. The highest BCUT2D eigenvalue weighted by atomic mass is 16.6. The van der Waals surface area contributed by atoms with Crippen LogP contribution in [-0.4, -0.2) is 47.3 Å². The molecule has 2 unspecified atom stereocenters. The number of Topliss-reactive ketones (excluding diaryl/α,β-unsaturated/α-hetero) is 1. The molecule has 0 radical (unpaired) electrons. The number of carbonyl (C=O) groups excluding carboxylic acids is 4. The molecule has 0 bridgehead atoms. The van der Waals surface area contributed by atoms with Gasteiger partial charge in [0.2, 0.25) is 5.72 Å². The lowest BCUT2D eigenvalue weighted by atomic mass is 9.66. The Bertz CT molecular complexity index is 891. The summed E-state index contributed by atoms with van der Waals surface area (Å²) in [5, 5.41) is 1.39. The molecule has 9 nitrogen and oxygen atoms in total. The molecule has 1 saturated carbocycles. The normalized spacial score (nSPS) is 28.5. The Labute approximate surface area is 207 Å². The van der Waals surface area contributed by atoms with Gasteiger partial charge in [-0.1, -0.05) is 44.9 Å². The molecule has 9 heteroatoms. The highest BCUT2D eigenvalue weighted by Gasteiger charge is 2.74. The van der Waals surface area contributed by atoms with E-state index in [9.17, 15) is 19.2 Å². The summed E-state index contributed by atoms with van der Waals surface area (Å²) < 4.78 is 16.5. The lowest BCUT2D eigenvalue weighted by molar-refractivity contribution is -0.185. The molecule has 0 aromatic carbocycles. The Balaban J connectivity index is 2.12. The standard InChI is InChI=1S/C26H40N2O7/c1-18-21(22(31)33-5)25-17-20(30)34-26(25,28(18)27-23(32)35-24(2,3)4)16-14-12-10-8-6-7-9-11-13-15-19(25)29/h6-17H2,1-5H3,(H,27,32). The maximum Gasteiger partial charge on any atom is 0.426 e. The minimum atomic E-state index is -1.56. The highest BCUT2D eigenvalue weighted by Crippen LogP contribution is 2.61. The van der Waals surface area contributed by atoms with Crippen LogP contribution in [0.3, 0.4) is 0 Å². The van der Waals surface area contributed by atoms with Gasteiger partial charge in [0, 0.05) is 18.5 Å². The van der Waals surface area contributed by atoms with Crippen LogP contribution < -0.4 is 5.43 Å². The van der Waals surface area contributed by atoms with Gasteiger partial charge < -0.3 is 14.2 Å². The summed E-state index contributed by atoms with van der Waals surface area (Å²) in [7, 11) is 1.25. The molecule has 0 aromatic rings. The largest absolute Gasteiger partial charge is 0.466 e. The zero-order valence-electron chi connectivity index (χ0n) is 21.8. The predicted octanol–water partition coefficient (Wildman–Crippen LogP) is 4.69. The van der Waals surface area contributed by atoms with Gasteiger partial charge >= 0.3 is 18.0 Å². The van der Waals surface area contributed by atoms with Crippen molar-refractivity contribution in [2.45, 2.75) is 116 Å². The van der Waals surface area contributed by atoms with E-state index in [0.29, 0.717) is 18.5 Å². The summed E-state index contributed by atoms with van der Waals surface area (Å²) in [6.45, 7) is 6.85. The number of nitrogens with one attached hydrogen (secondary N) is 1. The number of carbonyl (C=O) groups is 4. The van der Waals surface area contributed by atoms with Crippen molar-refractivity contribution >= 4 is 23.8 Å². The van der Waals surface area contributed by atoms with Crippen LogP contribution in [0.5, 0.6) is 0 Å². The Hall–Kier alpha value is -2.58. The molecule has 2 aliphatic heterocycles. The Morgan fingerprint density at radius 3 is 2.11 bits per heavy atom. The number of rotatable bonds is 2. The Kier molecular flexibility index (Phi) is 8.17. The maximum absolute atomic E-state index is 14.0. The minimum absolute atomic E-state index is 0.0824. The van der Waals surface area contributed by atoms with E-state index >= 15 is 0 Å². The van der Waals surface area contributed by atoms with Crippen molar-refractivity contribution in [3.63, 3.8) is 0 Å². The van der Waals surface area contributed by atoms with Crippen molar-refractivity contribution in [1.82, 2.24) is 10.4 Å². The molecule has 35 heavy (non-hydrogen) atoms. The molecule has 196 valence electrons. The first kappa shape index (κ1) is 27.0. The van der Waals surface area contributed by atoms with Crippen molar-refractivity contribution in [2.24, 2.45) is 5.41 Å². The number of nitrogens with zero attached hydrogens (tertiary/aromatic N) is 1. The zero-order valence-corrected chi connectivity index (χ0v) is 21.8. The summed E-state index contributed by atoms with van der Waals surface area (Å²) in [6.07, 6.45) is 8.10. The summed E-state index contributed by atoms with van der Waals surface area (Å²) in [5.41, 5.74) is -0.760. The van der Waals surface area contributed by atoms with Crippen molar-refractivity contribution in [3.8, 4) is 0 Å².